The van der Waals surface area contributed by atoms with Gasteiger partial charge < -0.3 is 4.98 Å². The van der Waals surface area contributed by atoms with Gasteiger partial charge in [-0.15, -0.1) is 52.9 Å². The number of aryl methyl sites for hydroxylation is 1. The monoisotopic (exact) mass is 1020 g/mol. The molecule has 6 aromatic carbocycles. The average molecular weight is 1020 g/mol. The number of hydrogen-bond donors (Lipinski definition) is 0. The zero-order valence-electron chi connectivity index (χ0n) is 38.9. The Kier molecular flexibility index (Phi) is 11.5. The first-order valence-electron chi connectivity index (χ1n) is 22.1. The van der Waals surface area contributed by atoms with Crippen LogP contribution in [0, 0.1) is 24.5 Å². The van der Waals surface area contributed by atoms with E-state index in [2.05, 4.69) is 217 Å². The maximum absolute atomic E-state index is 5.70. The van der Waals surface area contributed by atoms with E-state index in [1.54, 1.807) is 0 Å². The molecule has 0 atom stereocenters. The van der Waals surface area contributed by atoms with E-state index in [0.717, 1.165) is 51.1 Å². The molecule has 4 heteroatoms. The summed E-state index contributed by atoms with van der Waals surface area (Å²) in [5, 5.41) is 8.41. The van der Waals surface area contributed by atoms with E-state index in [9.17, 15) is 0 Å². The third-order valence-electron chi connectivity index (χ3n) is 12.5. The summed E-state index contributed by atoms with van der Waals surface area (Å²) in [4.78, 5) is 12.4. The van der Waals surface area contributed by atoms with Gasteiger partial charge in [-0.3, -0.25) is 4.98 Å². The molecule has 63 heavy (non-hydrogen) atoms. The van der Waals surface area contributed by atoms with E-state index in [-0.39, 0.29) is 37.3 Å². The smallest absolute Gasteiger partial charge is 0.300 e. The molecule has 320 valence electrons. The van der Waals surface area contributed by atoms with Crippen LogP contribution >= 0.6 is 11.3 Å². The molecule has 0 aliphatic heterocycles. The van der Waals surface area contributed by atoms with Crippen molar-refractivity contribution in [2.75, 3.05) is 0 Å². The summed E-state index contributed by atoms with van der Waals surface area (Å²) in [5.41, 5.74) is 12.0. The number of rotatable bonds is 6. The molecule has 3 heterocycles. The van der Waals surface area contributed by atoms with Crippen molar-refractivity contribution in [2.24, 2.45) is 5.41 Å². The first-order valence-corrected chi connectivity index (χ1v) is 22.9. The summed E-state index contributed by atoms with van der Waals surface area (Å²) in [6, 6.07) is 52.3. The summed E-state index contributed by atoms with van der Waals surface area (Å²) >= 11 is 1.83. The van der Waals surface area contributed by atoms with Crippen molar-refractivity contribution in [3.63, 3.8) is 0 Å². The minimum absolute atomic E-state index is 0. The van der Waals surface area contributed by atoms with E-state index in [1.165, 1.54) is 64.3 Å². The van der Waals surface area contributed by atoms with Crippen molar-refractivity contribution in [1.29, 1.82) is 0 Å². The zero-order valence-corrected chi connectivity index (χ0v) is 42.0. The summed E-state index contributed by atoms with van der Waals surface area (Å²) in [5.74, 6) is 0. The third kappa shape index (κ3) is 8.57. The second-order valence-electron chi connectivity index (χ2n) is 21.2. The van der Waals surface area contributed by atoms with E-state index in [0.29, 0.717) is 0 Å². The molecule has 3 aromatic heterocycles. The van der Waals surface area contributed by atoms with Gasteiger partial charge in [-0.2, -0.15) is 11.3 Å². The van der Waals surface area contributed by atoms with Gasteiger partial charge in [0.15, 0.2) is 0 Å². The Bertz CT molecular complexity index is 3200. The van der Waals surface area contributed by atoms with E-state index >= 15 is 0 Å². The minimum Gasteiger partial charge on any atom is -0.300 e. The van der Waals surface area contributed by atoms with Crippen LogP contribution in [0.25, 0.3) is 76.0 Å². The molecule has 0 amide bonds. The van der Waals surface area contributed by atoms with Crippen molar-refractivity contribution in [3.05, 3.63) is 166 Å². The molecule has 0 aliphatic carbocycles. The Morgan fingerprint density at radius 3 is 2.11 bits per heavy atom. The fraction of sp³-hybridized carbons (Fsp3) is 0.288. The van der Waals surface area contributed by atoms with Crippen LogP contribution in [0.1, 0.15) is 109 Å². The van der Waals surface area contributed by atoms with Crippen LogP contribution < -0.4 is 0 Å². The average Bonchev–Trinajstić information content (AvgIpc) is 3.63. The predicted octanol–water partition coefficient (Wildman–Crippen LogP) is 16.6. The topological polar surface area (TPSA) is 25.8 Å². The van der Waals surface area contributed by atoms with Crippen molar-refractivity contribution in [2.45, 2.75) is 106 Å². The second-order valence-corrected chi connectivity index (χ2v) is 22.5. The van der Waals surface area contributed by atoms with Crippen LogP contribution in [0.4, 0.5) is 0 Å². The number of hydrogen-bond acceptors (Lipinski definition) is 3. The number of thiophene rings is 1. The first kappa shape index (κ1) is 44.6. The Morgan fingerprint density at radius 1 is 0.603 bits per heavy atom. The van der Waals surface area contributed by atoms with E-state index < -0.39 is 5.41 Å². The molecule has 0 spiro atoms. The third-order valence-corrected chi connectivity index (χ3v) is 13.6. The van der Waals surface area contributed by atoms with Crippen molar-refractivity contribution in [3.8, 4) is 33.6 Å². The Balaban J connectivity index is 0.00000544. The van der Waals surface area contributed by atoms with Gasteiger partial charge in [-0.25, -0.2) is 0 Å². The molecular weight excluding hydrogens is 964 g/mol. The number of benzene rings is 6. The SMILES string of the molecule is Cc1cc2c(s1)c(-c1nc(C(C)(C)c3cccc(-c4[c-]ccc(-c5ccc(C(C)(C)C)cc5C(C)(C)C)c4)n3)cc3c1ccc1cc(CC(C)(C)C)ccc13)[c-]c1ccccc12.[Pt+2]. The summed E-state index contributed by atoms with van der Waals surface area (Å²) in [7, 11) is 0. The van der Waals surface area contributed by atoms with Gasteiger partial charge >= 0.3 is 21.1 Å². The largest absolute Gasteiger partial charge is 2.00 e. The van der Waals surface area contributed by atoms with Crippen LogP contribution in [0.2, 0.25) is 0 Å². The molecular formula is C59H58N2PtS. The summed E-state index contributed by atoms with van der Waals surface area (Å²) < 4.78 is 1.23. The standard InChI is InChI=1S/C59H58N2S.Pt/c1-36-29-48-43-20-14-13-17-39(43)32-49(55(48)62-36)54-46-27-24-40-30-37(35-56(2,3)4)23-26-44(40)47(46)34-53(61-54)59(11,12)52-22-16-21-51(60-52)41-19-15-18-38(31-41)45-28-25-42(57(5,6)7)33-50(45)58(8,9)10;/h13-18,20-31,33-34H,35H2,1-12H3;/q-2;+2. The van der Waals surface area contributed by atoms with Crippen LogP contribution in [-0.2, 0) is 43.7 Å². The molecule has 0 saturated heterocycles. The van der Waals surface area contributed by atoms with Gasteiger partial charge in [-0.05, 0) is 115 Å². The molecule has 0 N–H and O–H groups in total. The van der Waals surface area contributed by atoms with Gasteiger partial charge in [0, 0.05) is 22.5 Å². The Labute approximate surface area is 393 Å². The van der Waals surface area contributed by atoms with Crippen LogP contribution in [-0.4, -0.2) is 9.97 Å². The van der Waals surface area contributed by atoms with Crippen molar-refractivity contribution < 1.29 is 21.1 Å². The molecule has 9 aromatic rings. The number of fused-ring (bicyclic) bond motifs is 6. The first-order chi connectivity index (χ1) is 29.2. The number of pyridine rings is 2. The van der Waals surface area contributed by atoms with Crippen LogP contribution in [0.5, 0.6) is 0 Å². The predicted molar refractivity (Wildman–Crippen MR) is 268 cm³/mol. The molecule has 0 aliphatic rings. The fourth-order valence-electron chi connectivity index (χ4n) is 9.16. The quantitative estimate of drug-likeness (QED) is 0.123. The maximum Gasteiger partial charge on any atom is 2.00 e. The molecule has 0 unspecified atom stereocenters. The molecule has 0 saturated carbocycles. The van der Waals surface area contributed by atoms with Crippen molar-refractivity contribution >= 4 is 53.7 Å². The normalized spacial score (nSPS) is 12.7. The van der Waals surface area contributed by atoms with Crippen LogP contribution in [0.15, 0.2) is 121 Å². The molecule has 0 bridgehead atoms. The molecule has 0 radical (unpaired) electrons. The fourth-order valence-corrected chi connectivity index (χ4v) is 10.2. The second kappa shape index (κ2) is 16.2. The Hall–Kier alpha value is -4.95. The summed E-state index contributed by atoms with van der Waals surface area (Å²) in [6.07, 6.45) is 1.02. The van der Waals surface area contributed by atoms with Crippen molar-refractivity contribution in [1.82, 2.24) is 9.97 Å². The molecule has 0 fully saturated rings. The number of nitrogens with zero attached hydrogens (tertiary/aromatic N) is 2. The van der Waals surface area contributed by atoms with Gasteiger partial charge in [0.1, 0.15) is 0 Å². The zero-order chi connectivity index (χ0) is 43.9. The summed E-state index contributed by atoms with van der Waals surface area (Å²) in [6.45, 7) is 27.5. The van der Waals surface area contributed by atoms with E-state index in [4.69, 9.17) is 9.97 Å². The van der Waals surface area contributed by atoms with Gasteiger partial charge in [0.05, 0.1) is 0 Å². The minimum atomic E-state index is -0.547. The maximum atomic E-state index is 5.70. The van der Waals surface area contributed by atoms with Gasteiger partial charge in [-0.1, -0.05) is 164 Å². The Morgan fingerprint density at radius 2 is 1.37 bits per heavy atom. The number of aromatic nitrogens is 2. The van der Waals surface area contributed by atoms with Gasteiger partial charge in [0.2, 0.25) is 0 Å². The van der Waals surface area contributed by atoms with Gasteiger partial charge in [0.25, 0.3) is 0 Å². The molecule has 2 nitrogen and oxygen atoms in total. The molecule has 9 rings (SSSR count). The van der Waals surface area contributed by atoms with E-state index in [1.807, 2.05) is 11.3 Å². The van der Waals surface area contributed by atoms with Crippen LogP contribution in [0.3, 0.4) is 0 Å².